The zero-order valence-electron chi connectivity index (χ0n) is 20.3. The van der Waals surface area contributed by atoms with Crippen molar-refractivity contribution in [2.24, 2.45) is 5.92 Å². The van der Waals surface area contributed by atoms with E-state index in [1.807, 2.05) is 18.2 Å². The Morgan fingerprint density at radius 2 is 1.80 bits per heavy atom. The summed E-state index contributed by atoms with van der Waals surface area (Å²) >= 11 is 0. The van der Waals surface area contributed by atoms with Gasteiger partial charge in [-0.05, 0) is 85.8 Å². The lowest BCUT2D eigenvalue weighted by Crippen LogP contribution is -2.26. The minimum Gasteiger partial charge on any atom is -0.504 e. The fraction of sp³-hybridized carbons (Fsp3) is 0.500. The Balaban J connectivity index is 1.25. The van der Waals surface area contributed by atoms with Crippen LogP contribution >= 0.6 is 0 Å². The highest BCUT2D eigenvalue weighted by molar-refractivity contribution is 5.92. The zero-order valence-corrected chi connectivity index (χ0v) is 20.3. The molecular formula is C28H35NO6. The smallest absolute Gasteiger partial charge is 0.306 e. The van der Waals surface area contributed by atoms with Gasteiger partial charge in [0.1, 0.15) is 6.10 Å². The monoisotopic (exact) mass is 481 g/mol. The highest BCUT2D eigenvalue weighted by Gasteiger charge is 2.26. The number of benzene rings is 2. The number of methoxy groups -OCH3 is 1. The molecule has 2 aromatic carbocycles. The molecule has 1 heterocycles. The summed E-state index contributed by atoms with van der Waals surface area (Å²) in [6.07, 6.45) is 6.22. The van der Waals surface area contributed by atoms with Crippen molar-refractivity contribution >= 4 is 17.6 Å². The highest BCUT2D eigenvalue weighted by atomic mass is 16.5. The van der Waals surface area contributed by atoms with Gasteiger partial charge >= 0.3 is 5.97 Å². The van der Waals surface area contributed by atoms with Gasteiger partial charge in [0.15, 0.2) is 11.5 Å². The third kappa shape index (κ3) is 7.21. The molecule has 0 radical (unpaired) electrons. The van der Waals surface area contributed by atoms with Gasteiger partial charge in [-0.1, -0.05) is 18.2 Å². The molecular weight excluding hydrogens is 446 g/mol. The van der Waals surface area contributed by atoms with E-state index in [1.54, 1.807) is 12.1 Å². The maximum Gasteiger partial charge on any atom is 0.306 e. The molecule has 0 unspecified atom stereocenters. The number of phenolic OH excluding ortho intramolecular Hbond substituents is 1. The molecule has 1 saturated heterocycles. The standard InChI is InChI=1S/C28H35NO6/c1-33-26-15-20(5-10-25(26)30)16-27(31)29-23-4-2-3-22(18-23)21-6-8-24(9-7-21)35-28(32)17-19-11-13-34-14-12-19/h2-5,10,15,18-19,21,24,30H,6-9,11-14,16-17H2,1H3,(H,29,31). The third-order valence-corrected chi connectivity index (χ3v) is 7.02. The van der Waals surface area contributed by atoms with Crippen LogP contribution in [0.1, 0.15) is 62.0 Å². The van der Waals surface area contributed by atoms with Crippen LogP contribution in [-0.2, 0) is 25.5 Å². The lowest BCUT2D eigenvalue weighted by atomic mass is 9.82. The van der Waals surface area contributed by atoms with E-state index in [0.29, 0.717) is 24.0 Å². The van der Waals surface area contributed by atoms with E-state index in [1.165, 1.54) is 18.7 Å². The molecule has 188 valence electrons. The number of anilines is 1. The molecule has 4 rings (SSSR count). The molecule has 35 heavy (non-hydrogen) atoms. The van der Waals surface area contributed by atoms with Crippen molar-refractivity contribution in [3.05, 3.63) is 53.6 Å². The molecule has 0 atom stereocenters. The first kappa shape index (κ1) is 25.0. The highest BCUT2D eigenvalue weighted by Crippen LogP contribution is 2.35. The van der Waals surface area contributed by atoms with E-state index < -0.39 is 0 Å². The van der Waals surface area contributed by atoms with Gasteiger partial charge in [-0.2, -0.15) is 0 Å². The van der Waals surface area contributed by atoms with Crippen molar-refractivity contribution < 1.29 is 28.9 Å². The Labute approximate surface area is 206 Å². The summed E-state index contributed by atoms with van der Waals surface area (Å²) in [5.74, 6) is 0.974. The lowest BCUT2D eigenvalue weighted by Gasteiger charge is -2.29. The van der Waals surface area contributed by atoms with Crippen molar-refractivity contribution in [2.45, 2.75) is 63.4 Å². The first-order valence-corrected chi connectivity index (χ1v) is 12.5. The molecule has 7 nitrogen and oxygen atoms in total. The van der Waals surface area contributed by atoms with Crippen molar-refractivity contribution in [2.75, 3.05) is 25.6 Å². The molecule has 0 bridgehead atoms. The molecule has 1 amide bonds. The molecule has 2 N–H and O–H groups in total. The number of amides is 1. The van der Waals surface area contributed by atoms with Crippen molar-refractivity contribution in [1.29, 1.82) is 0 Å². The molecule has 7 heteroatoms. The van der Waals surface area contributed by atoms with E-state index in [0.717, 1.165) is 63.0 Å². The molecule has 0 aromatic heterocycles. The number of carbonyl (C=O) groups excluding carboxylic acids is 2. The predicted octanol–water partition coefficient (Wildman–Crippen LogP) is 4.97. The van der Waals surface area contributed by atoms with E-state index in [-0.39, 0.29) is 30.2 Å². The normalized spacial score (nSPS) is 20.7. The van der Waals surface area contributed by atoms with Crippen LogP contribution in [-0.4, -0.2) is 43.4 Å². The Morgan fingerprint density at radius 3 is 2.54 bits per heavy atom. The quantitative estimate of drug-likeness (QED) is 0.517. The van der Waals surface area contributed by atoms with Gasteiger partial charge in [0, 0.05) is 25.3 Å². The number of phenols is 1. The molecule has 1 aliphatic carbocycles. The average Bonchev–Trinajstić information content (AvgIpc) is 2.86. The number of rotatable bonds is 8. The summed E-state index contributed by atoms with van der Waals surface area (Å²) in [5, 5.41) is 12.7. The van der Waals surface area contributed by atoms with Crippen LogP contribution in [0.2, 0.25) is 0 Å². The van der Waals surface area contributed by atoms with Crippen LogP contribution in [0.15, 0.2) is 42.5 Å². The molecule has 2 aromatic rings. The number of nitrogens with one attached hydrogen (secondary N) is 1. The van der Waals surface area contributed by atoms with E-state index in [2.05, 4.69) is 11.4 Å². The van der Waals surface area contributed by atoms with Gasteiger partial charge in [0.05, 0.1) is 13.5 Å². The van der Waals surface area contributed by atoms with Crippen molar-refractivity contribution in [1.82, 2.24) is 0 Å². The van der Waals surface area contributed by atoms with E-state index in [9.17, 15) is 14.7 Å². The molecule has 0 spiro atoms. The first-order valence-electron chi connectivity index (χ1n) is 12.5. The number of carbonyl (C=O) groups is 2. The Morgan fingerprint density at radius 1 is 1.03 bits per heavy atom. The topological polar surface area (TPSA) is 94.1 Å². The Hall–Kier alpha value is -3.06. The van der Waals surface area contributed by atoms with Crippen LogP contribution in [0.25, 0.3) is 0 Å². The van der Waals surface area contributed by atoms with Crippen LogP contribution in [0.5, 0.6) is 11.5 Å². The fourth-order valence-electron chi connectivity index (χ4n) is 5.03. The van der Waals surface area contributed by atoms with Gasteiger partial charge < -0.3 is 24.6 Å². The maximum atomic E-state index is 12.6. The second-order valence-electron chi connectivity index (χ2n) is 9.58. The van der Waals surface area contributed by atoms with E-state index >= 15 is 0 Å². The largest absolute Gasteiger partial charge is 0.504 e. The van der Waals surface area contributed by atoms with Crippen molar-refractivity contribution in [3.63, 3.8) is 0 Å². The summed E-state index contributed by atoms with van der Waals surface area (Å²) in [6, 6.07) is 12.9. The summed E-state index contributed by atoms with van der Waals surface area (Å²) in [6.45, 7) is 1.49. The minimum atomic E-state index is -0.130. The number of esters is 1. The minimum absolute atomic E-state index is 0.00350. The van der Waals surface area contributed by atoms with Crippen LogP contribution < -0.4 is 10.1 Å². The number of hydrogen-bond acceptors (Lipinski definition) is 6. The molecule has 2 fully saturated rings. The first-order chi connectivity index (χ1) is 17.0. The summed E-state index contributed by atoms with van der Waals surface area (Å²) in [4.78, 5) is 24.9. The predicted molar refractivity (Wildman–Crippen MR) is 133 cm³/mol. The van der Waals surface area contributed by atoms with Crippen LogP contribution in [0.3, 0.4) is 0 Å². The third-order valence-electron chi connectivity index (χ3n) is 7.02. The Kier molecular flexibility index (Phi) is 8.64. The number of ether oxygens (including phenoxy) is 3. The second kappa shape index (κ2) is 12.1. The summed E-state index contributed by atoms with van der Waals surface area (Å²) in [7, 11) is 1.48. The fourth-order valence-corrected chi connectivity index (χ4v) is 5.03. The second-order valence-corrected chi connectivity index (χ2v) is 9.58. The van der Waals surface area contributed by atoms with Gasteiger partial charge in [-0.25, -0.2) is 0 Å². The van der Waals surface area contributed by atoms with Crippen LogP contribution in [0.4, 0.5) is 5.69 Å². The van der Waals surface area contributed by atoms with Crippen LogP contribution in [0, 0.1) is 5.92 Å². The number of aromatic hydroxyl groups is 1. The zero-order chi connectivity index (χ0) is 24.6. The summed E-state index contributed by atoms with van der Waals surface area (Å²) < 4.78 is 16.3. The average molecular weight is 482 g/mol. The maximum absolute atomic E-state index is 12.6. The van der Waals surface area contributed by atoms with Gasteiger partial charge in [-0.3, -0.25) is 9.59 Å². The lowest BCUT2D eigenvalue weighted by molar-refractivity contribution is -0.152. The van der Waals surface area contributed by atoms with Gasteiger partial charge in [-0.15, -0.1) is 0 Å². The van der Waals surface area contributed by atoms with Crippen molar-refractivity contribution in [3.8, 4) is 11.5 Å². The molecule has 1 saturated carbocycles. The van der Waals surface area contributed by atoms with Gasteiger partial charge in [0.2, 0.25) is 5.91 Å². The Bertz CT molecular complexity index is 1010. The molecule has 1 aliphatic heterocycles. The van der Waals surface area contributed by atoms with Gasteiger partial charge in [0.25, 0.3) is 0 Å². The molecule has 2 aliphatic rings. The SMILES string of the molecule is COc1cc(CC(=O)Nc2cccc(C3CCC(OC(=O)CC4CCOCC4)CC3)c2)ccc1O. The van der Waals surface area contributed by atoms with E-state index in [4.69, 9.17) is 14.2 Å². The summed E-state index contributed by atoms with van der Waals surface area (Å²) in [5.41, 5.74) is 2.72. The number of hydrogen-bond donors (Lipinski definition) is 2.